The van der Waals surface area contributed by atoms with Crippen LogP contribution in [0.25, 0.3) is 0 Å². The molecule has 0 spiro atoms. The quantitative estimate of drug-likeness (QED) is 0.115. The molecule has 4 rings (SSSR count). The Hall–Kier alpha value is -2.88. The Morgan fingerprint density at radius 3 is 1.82 bits per heavy atom. The zero-order valence-corrected chi connectivity index (χ0v) is 27.2. The van der Waals surface area contributed by atoms with Crippen LogP contribution < -0.4 is 5.32 Å². The number of hydrogen-bond acceptors (Lipinski definition) is 8. The topological polar surface area (TPSA) is 95.6 Å². The first-order valence-corrected chi connectivity index (χ1v) is 16.7. The number of ether oxygens (including phenoxy) is 3. The molecular weight excluding hydrogens is 579 g/mol. The van der Waals surface area contributed by atoms with E-state index in [1.54, 1.807) is 11.6 Å². The fraction of sp³-hybridized carbons (Fsp3) is 0.441. The number of nitrogens with zero attached hydrogens (tertiary/aromatic N) is 1. The monoisotopic (exact) mass is 624 g/mol. The van der Waals surface area contributed by atoms with Crippen LogP contribution in [0.4, 0.5) is 0 Å². The molecule has 238 valence electrons. The van der Waals surface area contributed by atoms with Gasteiger partial charge in [-0.15, -0.1) is 0 Å². The van der Waals surface area contributed by atoms with Crippen LogP contribution in [0.5, 0.6) is 0 Å². The molecule has 10 heteroatoms. The fourth-order valence-electron chi connectivity index (χ4n) is 5.45. The molecule has 0 bridgehead atoms. The van der Waals surface area contributed by atoms with E-state index in [0.29, 0.717) is 19.7 Å². The average Bonchev–Trinajstić information content (AvgIpc) is 3.40. The maximum atomic E-state index is 14.4. The van der Waals surface area contributed by atoms with Crippen LogP contribution in [0.2, 0.25) is 0 Å². The van der Waals surface area contributed by atoms with Gasteiger partial charge in [-0.1, -0.05) is 105 Å². The van der Waals surface area contributed by atoms with Crippen LogP contribution in [0, 0.1) is 0 Å². The van der Waals surface area contributed by atoms with Gasteiger partial charge < -0.3 is 14.2 Å². The van der Waals surface area contributed by atoms with E-state index >= 15 is 0 Å². The molecule has 0 aromatic heterocycles. The Morgan fingerprint density at radius 2 is 1.41 bits per heavy atom. The molecule has 0 aliphatic carbocycles. The molecule has 3 atom stereocenters. The predicted molar refractivity (Wildman–Crippen MR) is 170 cm³/mol. The molecule has 0 amide bonds. The van der Waals surface area contributed by atoms with Crippen molar-refractivity contribution in [2.24, 2.45) is 0 Å². The van der Waals surface area contributed by atoms with Gasteiger partial charge in [-0.05, 0) is 37.5 Å². The first-order chi connectivity index (χ1) is 21.2. The summed E-state index contributed by atoms with van der Waals surface area (Å²) in [6, 6.07) is 28.7. The number of rotatable bonds is 16. The smallest absolute Gasteiger partial charge is 0.408 e. The third-order valence-corrected chi connectivity index (χ3v) is 9.76. The Labute approximate surface area is 261 Å². The molecule has 1 fully saturated rings. The summed E-state index contributed by atoms with van der Waals surface area (Å²) in [5.74, 6) is -1.28. The van der Waals surface area contributed by atoms with E-state index in [4.69, 9.17) is 23.3 Å². The predicted octanol–water partition coefficient (Wildman–Crippen LogP) is 6.13. The van der Waals surface area contributed by atoms with Crippen LogP contribution in [-0.4, -0.2) is 68.1 Å². The van der Waals surface area contributed by atoms with Crippen molar-refractivity contribution in [3.05, 3.63) is 108 Å². The largest absolute Gasteiger partial charge is 0.465 e. The van der Waals surface area contributed by atoms with Crippen molar-refractivity contribution in [1.82, 2.24) is 9.99 Å². The lowest BCUT2D eigenvalue weighted by Gasteiger charge is -2.40. The van der Waals surface area contributed by atoms with Crippen molar-refractivity contribution in [3.63, 3.8) is 0 Å². The van der Waals surface area contributed by atoms with Crippen LogP contribution in [0.1, 0.15) is 51.3 Å². The number of nitrogens with one attached hydrogen (secondary N) is 1. The summed E-state index contributed by atoms with van der Waals surface area (Å²) in [5, 5.41) is 3.62. The van der Waals surface area contributed by atoms with Gasteiger partial charge >= 0.3 is 13.7 Å². The highest BCUT2D eigenvalue weighted by Crippen LogP contribution is 2.52. The van der Waals surface area contributed by atoms with Crippen molar-refractivity contribution >= 4 is 13.7 Å². The minimum Gasteiger partial charge on any atom is -0.465 e. The number of carbonyl (C=O) groups excluding carboxylic acids is 1. The highest BCUT2D eigenvalue weighted by atomic mass is 31.2. The van der Waals surface area contributed by atoms with Gasteiger partial charge in [0.25, 0.3) is 0 Å². The molecular formula is C34H45N2O7P. The lowest BCUT2D eigenvalue weighted by atomic mass is 9.76. The van der Waals surface area contributed by atoms with Crippen molar-refractivity contribution in [3.8, 4) is 0 Å². The second-order valence-corrected chi connectivity index (χ2v) is 13.0. The second kappa shape index (κ2) is 15.4. The van der Waals surface area contributed by atoms with Gasteiger partial charge in [0.2, 0.25) is 0 Å². The van der Waals surface area contributed by atoms with Crippen molar-refractivity contribution in [1.29, 1.82) is 0 Å². The zero-order valence-electron chi connectivity index (χ0n) is 26.3. The Balaban J connectivity index is 1.72. The standard InChI is InChI=1S/C34H45N2O7P/c1-6-36(7-2)44(38,41-25-30-24-40-33(4,5)43-30)42-26-31(32(37)39-8-3)35-34(27-18-12-9-13-19-27,28-20-14-10-15-21-28)29-22-16-11-17-23-29/h9-23,30-31,35H,6-8,24-26H2,1-5H3. The Morgan fingerprint density at radius 1 is 0.909 bits per heavy atom. The molecule has 1 N–H and O–H groups in total. The molecule has 1 aliphatic rings. The van der Waals surface area contributed by atoms with Gasteiger partial charge in [0, 0.05) is 13.1 Å². The summed E-state index contributed by atoms with van der Waals surface area (Å²) in [5.41, 5.74) is 1.76. The second-order valence-electron chi connectivity index (χ2n) is 10.9. The summed E-state index contributed by atoms with van der Waals surface area (Å²) in [4.78, 5) is 13.6. The van der Waals surface area contributed by atoms with Crippen LogP contribution in [0.15, 0.2) is 91.0 Å². The number of esters is 1. The fourth-order valence-corrected chi connectivity index (χ4v) is 7.24. The number of carbonyl (C=O) groups is 1. The van der Waals surface area contributed by atoms with E-state index in [1.165, 1.54) is 0 Å². The minimum absolute atomic E-state index is 0.0106. The van der Waals surface area contributed by atoms with Gasteiger partial charge in [0.05, 0.1) is 32.0 Å². The van der Waals surface area contributed by atoms with E-state index < -0.39 is 37.2 Å². The Kier molecular flexibility index (Phi) is 11.9. The molecule has 3 aromatic carbocycles. The molecule has 3 unspecified atom stereocenters. The van der Waals surface area contributed by atoms with E-state index in [1.807, 2.05) is 119 Å². The maximum Gasteiger partial charge on any atom is 0.408 e. The van der Waals surface area contributed by atoms with Crippen molar-refractivity contribution in [2.45, 2.75) is 58.1 Å². The lowest BCUT2D eigenvalue weighted by molar-refractivity contribution is -0.147. The Bertz CT molecular complexity index is 1260. The summed E-state index contributed by atoms with van der Waals surface area (Å²) in [6.07, 6.45) is -0.404. The average molecular weight is 625 g/mol. The molecule has 3 aromatic rings. The minimum atomic E-state index is -3.87. The van der Waals surface area contributed by atoms with Gasteiger partial charge in [0.1, 0.15) is 12.1 Å². The zero-order chi connectivity index (χ0) is 31.6. The normalized spacial score (nSPS) is 18.5. The maximum absolute atomic E-state index is 14.4. The number of benzene rings is 3. The first kappa shape index (κ1) is 34.0. The first-order valence-electron chi connectivity index (χ1n) is 15.2. The van der Waals surface area contributed by atoms with Crippen LogP contribution in [-0.2, 0) is 38.2 Å². The summed E-state index contributed by atoms with van der Waals surface area (Å²) < 4.78 is 45.2. The van der Waals surface area contributed by atoms with E-state index in [2.05, 4.69) is 5.32 Å². The highest BCUT2D eigenvalue weighted by molar-refractivity contribution is 7.51. The van der Waals surface area contributed by atoms with Crippen LogP contribution in [0.3, 0.4) is 0 Å². The third kappa shape index (κ3) is 8.03. The summed E-state index contributed by atoms with van der Waals surface area (Å²) >= 11 is 0. The van der Waals surface area contributed by atoms with Gasteiger partial charge in [-0.2, -0.15) is 0 Å². The van der Waals surface area contributed by atoms with E-state index in [9.17, 15) is 9.36 Å². The van der Waals surface area contributed by atoms with Gasteiger partial charge in [-0.3, -0.25) is 19.2 Å². The van der Waals surface area contributed by atoms with E-state index in [-0.39, 0.29) is 19.8 Å². The number of hydrogen-bond donors (Lipinski definition) is 1. The van der Waals surface area contributed by atoms with Gasteiger partial charge in [0.15, 0.2) is 5.79 Å². The van der Waals surface area contributed by atoms with Crippen molar-refractivity contribution in [2.75, 3.05) is 39.5 Å². The third-order valence-electron chi connectivity index (χ3n) is 7.55. The molecule has 44 heavy (non-hydrogen) atoms. The molecule has 1 heterocycles. The van der Waals surface area contributed by atoms with Crippen molar-refractivity contribution < 1.29 is 32.6 Å². The molecule has 0 radical (unpaired) electrons. The van der Waals surface area contributed by atoms with Crippen LogP contribution >= 0.6 is 7.75 Å². The van der Waals surface area contributed by atoms with Gasteiger partial charge in [-0.25, -0.2) is 9.24 Å². The SMILES string of the molecule is CCOC(=O)C(COP(=O)(OCC1COC(C)(C)O1)N(CC)CC)NC(c1ccccc1)(c1ccccc1)c1ccccc1. The molecule has 9 nitrogen and oxygen atoms in total. The summed E-state index contributed by atoms with van der Waals surface area (Å²) in [7, 11) is -3.87. The molecule has 1 saturated heterocycles. The molecule has 1 aliphatic heterocycles. The molecule has 0 saturated carbocycles. The highest BCUT2D eigenvalue weighted by Gasteiger charge is 2.43. The summed E-state index contributed by atoms with van der Waals surface area (Å²) in [6.45, 7) is 10.2. The lowest BCUT2D eigenvalue weighted by Crippen LogP contribution is -2.54. The van der Waals surface area contributed by atoms with E-state index in [0.717, 1.165) is 16.7 Å².